The smallest absolute Gasteiger partial charge is 0.192 e. The molecule has 0 radical (unpaired) electrons. The maximum Gasteiger partial charge on any atom is 0.192 e. The molecule has 0 saturated heterocycles. The molecule has 3 heteroatoms. The maximum atomic E-state index is 10.4. The second-order valence-electron chi connectivity index (χ2n) is 15.6. The molecule has 0 aromatic carbocycles. The van der Waals surface area contributed by atoms with E-state index in [1.807, 2.05) is 0 Å². The molecule has 0 heterocycles. The Kier molecular flexibility index (Phi) is 8.19. The van der Waals surface area contributed by atoms with E-state index in [0.29, 0.717) is 35.4 Å². The second-order valence-corrected chi connectivity index (χ2v) is 20.4. The van der Waals surface area contributed by atoms with Crippen molar-refractivity contribution in [2.24, 2.45) is 40.4 Å². The van der Waals surface area contributed by atoms with Crippen LogP contribution in [0.3, 0.4) is 0 Å². The van der Waals surface area contributed by atoms with Gasteiger partial charge in [0.15, 0.2) is 8.32 Å². The third-order valence-corrected chi connectivity index (χ3v) is 16.6. The van der Waals surface area contributed by atoms with E-state index < -0.39 is 8.32 Å². The van der Waals surface area contributed by atoms with E-state index in [4.69, 9.17) is 4.43 Å². The summed E-state index contributed by atoms with van der Waals surface area (Å²) in [6.45, 7) is 22.1. The van der Waals surface area contributed by atoms with Crippen LogP contribution < -0.4 is 0 Å². The van der Waals surface area contributed by atoms with Gasteiger partial charge in [-0.1, -0.05) is 84.6 Å². The van der Waals surface area contributed by atoms with Crippen LogP contribution in [0, 0.1) is 40.4 Å². The molecule has 2 nitrogen and oxygen atoms in total. The van der Waals surface area contributed by atoms with E-state index in [1.165, 1.54) is 57.8 Å². The van der Waals surface area contributed by atoms with Crippen LogP contribution in [0.1, 0.15) is 113 Å². The lowest BCUT2D eigenvalue weighted by atomic mass is 9.50. The van der Waals surface area contributed by atoms with Gasteiger partial charge in [-0.15, -0.1) is 0 Å². The lowest BCUT2D eigenvalue weighted by molar-refractivity contribution is 0.0194. The molecule has 0 amide bonds. The Hall–Kier alpha value is -0.383. The quantitative estimate of drug-likeness (QED) is 0.327. The van der Waals surface area contributed by atoms with E-state index >= 15 is 0 Å². The zero-order valence-electron chi connectivity index (χ0n) is 25.3. The maximum absolute atomic E-state index is 10.4. The van der Waals surface area contributed by atoms with Crippen molar-refractivity contribution in [1.29, 1.82) is 0 Å². The zero-order valence-corrected chi connectivity index (χ0v) is 26.3. The monoisotopic (exact) mass is 514 g/mol. The fourth-order valence-electron chi connectivity index (χ4n) is 8.69. The molecule has 1 N–H and O–H groups in total. The molecule has 3 saturated carbocycles. The van der Waals surface area contributed by atoms with Crippen LogP contribution in [-0.4, -0.2) is 26.1 Å². The molecule has 0 aliphatic heterocycles. The number of rotatable bonds is 8. The van der Waals surface area contributed by atoms with Gasteiger partial charge in [-0.05, 0) is 110 Å². The third-order valence-electron chi connectivity index (χ3n) is 12.0. The molecule has 3 fully saturated rings. The summed E-state index contributed by atoms with van der Waals surface area (Å²) in [6, 6.07) is 0. The van der Waals surface area contributed by atoms with Gasteiger partial charge in [0, 0.05) is 12.7 Å². The van der Waals surface area contributed by atoms with Crippen molar-refractivity contribution in [3.8, 4) is 0 Å². The Bertz CT molecular complexity index is 848. The summed E-state index contributed by atoms with van der Waals surface area (Å²) in [6.07, 6.45) is 18.3. The highest BCUT2D eigenvalue weighted by atomic mass is 28.4. The van der Waals surface area contributed by atoms with Gasteiger partial charge in [-0.3, -0.25) is 0 Å². The van der Waals surface area contributed by atoms with E-state index in [2.05, 4.69) is 73.7 Å². The standard InChI is InChI=1S/C33H58O2Si/c1-23(2)11-10-12-24(22-34)28-15-16-29-27-14-13-25-21-26(35-36(8,9)31(3,4)5)17-19-32(25,6)30(27)18-20-33(28,29)7/h13-14,23-24,26,28-30,34H,10-12,15-22H2,1-9H3/t24-,26?,28+,29-,30-,32-,33+/m0/s1. The first-order chi connectivity index (χ1) is 16.7. The van der Waals surface area contributed by atoms with E-state index in [1.54, 1.807) is 11.1 Å². The molecular formula is C33H58O2Si. The predicted octanol–water partition coefficient (Wildman–Crippen LogP) is 9.31. The summed E-state index contributed by atoms with van der Waals surface area (Å²) in [7, 11) is -1.74. The summed E-state index contributed by atoms with van der Waals surface area (Å²) in [4.78, 5) is 0. The molecule has 0 aromatic rings. The molecule has 0 spiro atoms. The minimum Gasteiger partial charge on any atom is -0.414 e. The fourth-order valence-corrected chi connectivity index (χ4v) is 10.1. The first-order valence-electron chi connectivity index (χ1n) is 15.4. The highest BCUT2D eigenvalue weighted by Gasteiger charge is 2.57. The summed E-state index contributed by atoms with van der Waals surface area (Å²) in [5.74, 6) is 3.38. The number of hydrogen-bond acceptors (Lipinski definition) is 2. The average molecular weight is 515 g/mol. The van der Waals surface area contributed by atoms with Crippen LogP contribution in [-0.2, 0) is 4.43 Å². The van der Waals surface area contributed by atoms with Gasteiger partial charge in [0.25, 0.3) is 0 Å². The van der Waals surface area contributed by atoms with Crippen molar-refractivity contribution in [3.05, 3.63) is 23.3 Å². The normalized spacial score (nSPS) is 37.6. The van der Waals surface area contributed by atoms with E-state index in [-0.39, 0.29) is 5.04 Å². The van der Waals surface area contributed by atoms with Crippen LogP contribution in [0.5, 0.6) is 0 Å². The van der Waals surface area contributed by atoms with Crippen molar-refractivity contribution >= 4 is 8.32 Å². The van der Waals surface area contributed by atoms with Crippen LogP contribution in [0.4, 0.5) is 0 Å². The SMILES string of the molecule is CC(C)CCC[C@@H](CO)[C@H]1CC[C@H]2C3=CC=C4CC(O[Si](C)(C)C(C)(C)C)CC[C@]4(C)[C@H]3CC[C@]12C. The fraction of sp³-hybridized carbons (Fsp3) is 0.879. The largest absolute Gasteiger partial charge is 0.414 e. The lowest BCUT2D eigenvalue weighted by Gasteiger charge is -2.56. The van der Waals surface area contributed by atoms with Crippen LogP contribution in [0.25, 0.3) is 0 Å². The molecule has 4 aliphatic rings. The molecule has 1 unspecified atom stereocenters. The van der Waals surface area contributed by atoms with Gasteiger partial charge in [0.2, 0.25) is 0 Å². The van der Waals surface area contributed by atoms with Crippen LogP contribution in [0.15, 0.2) is 23.3 Å². The number of fused-ring (bicyclic) bond motifs is 5. The molecular weight excluding hydrogens is 456 g/mol. The van der Waals surface area contributed by atoms with Gasteiger partial charge in [-0.2, -0.15) is 0 Å². The van der Waals surface area contributed by atoms with Crippen molar-refractivity contribution < 1.29 is 9.53 Å². The van der Waals surface area contributed by atoms with E-state index in [0.717, 1.165) is 24.2 Å². The Morgan fingerprint density at radius 3 is 2.36 bits per heavy atom. The summed E-state index contributed by atoms with van der Waals surface area (Å²) in [5, 5.41) is 10.7. The lowest BCUT2D eigenvalue weighted by Crippen LogP contribution is -2.49. The first kappa shape index (κ1) is 28.6. The predicted molar refractivity (Wildman–Crippen MR) is 157 cm³/mol. The summed E-state index contributed by atoms with van der Waals surface area (Å²) >= 11 is 0. The van der Waals surface area contributed by atoms with Crippen molar-refractivity contribution in [3.63, 3.8) is 0 Å². The highest BCUT2D eigenvalue weighted by Crippen LogP contribution is 2.66. The van der Waals surface area contributed by atoms with Gasteiger partial charge >= 0.3 is 0 Å². The average Bonchev–Trinajstić information content (AvgIpc) is 3.13. The highest BCUT2D eigenvalue weighted by molar-refractivity contribution is 6.74. The third kappa shape index (κ3) is 5.12. The molecule has 4 rings (SSSR count). The molecule has 36 heavy (non-hydrogen) atoms. The number of allylic oxidation sites excluding steroid dienone is 3. The van der Waals surface area contributed by atoms with Gasteiger partial charge in [-0.25, -0.2) is 0 Å². The zero-order chi connectivity index (χ0) is 26.5. The van der Waals surface area contributed by atoms with Gasteiger partial charge in [0.1, 0.15) is 0 Å². The summed E-state index contributed by atoms with van der Waals surface area (Å²) < 4.78 is 6.91. The summed E-state index contributed by atoms with van der Waals surface area (Å²) in [5.41, 5.74) is 4.15. The van der Waals surface area contributed by atoms with Gasteiger partial charge in [0.05, 0.1) is 0 Å². The van der Waals surface area contributed by atoms with Crippen LogP contribution in [0.2, 0.25) is 18.1 Å². The Morgan fingerprint density at radius 2 is 1.72 bits per heavy atom. The number of hydrogen-bond donors (Lipinski definition) is 1. The van der Waals surface area contributed by atoms with Crippen molar-refractivity contribution in [2.75, 3.05) is 6.61 Å². The van der Waals surface area contributed by atoms with Crippen LogP contribution >= 0.6 is 0 Å². The molecule has 206 valence electrons. The van der Waals surface area contributed by atoms with Crippen molar-refractivity contribution in [1.82, 2.24) is 0 Å². The second kappa shape index (κ2) is 10.3. The minimum atomic E-state index is -1.74. The molecule has 4 aliphatic carbocycles. The van der Waals surface area contributed by atoms with Crippen molar-refractivity contribution in [2.45, 2.75) is 137 Å². The van der Waals surface area contributed by atoms with E-state index in [9.17, 15) is 5.11 Å². The Balaban J connectivity index is 1.51. The van der Waals surface area contributed by atoms with Gasteiger partial charge < -0.3 is 9.53 Å². The molecule has 0 aromatic heterocycles. The topological polar surface area (TPSA) is 29.5 Å². The Labute approximate surface area is 224 Å². The minimum absolute atomic E-state index is 0.274. The molecule has 7 atom stereocenters. The number of aliphatic hydroxyl groups excluding tert-OH is 1. The molecule has 0 bridgehead atoms. The first-order valence-corrected chi connectivity index (χ1v) is 18.3. The number of aliphatic hydroxyl groups is 1. The Morgan fingerprint density at radius 1 is 1.00 bits per heavy atom.